The highest BCUT2D eigenvalue weighted by Gasteiger charge is 2.16. The van der Waals surface area contributed by atoms with Gasteiger partial charge in [0.1, 0.15) is 0 Å². The van der Waals surface area contributed by atoms with Crippen LogP contribution in [0, 0.1) is 0 Å². The van der Waals surface area contributed by atoms with Crippen molar-refractivity contribution in [2.75, 3.05) is 11.9 Å². The predicted octanol–water partition coefficient (Wildman–Crippen LogP) is 1.39. The first kappa shape index (κ1) is 10.1. The summed E-state index contributed by atoms with van der Waals surface area (Å²) in [6.07, 6.45) is 5.60. The lowest BCUT2D eigenvalue weighted by Gasteiger charge is -2.07. The SMILES string of the molecule is BrCCc1cn(CC2CCCO2)nn1. The first-order chi connectivity index (χ1) is 6.88. The fourth-order valence-corrected chi connectivity index (χ4v) is 2.04. The maximum atomic E-state index is 5.53. The fourth-order valence-electron chi connectivity index (χ4n) is 1.64. The van der Waals surface area contributed by atoms with E-state index in [4.69, 9.17) is 4.74 Å². The van der Waals surface area contributed by atoms with Gasteiger partial charge in [-0.2, -0.15) is 0 Å². The molecule has 1 saturated heterocycles. The van der Waals surface area contributed by atoms with Gasteiger partial charge in [0.15, 0.2) is 0 Å². The minimum Gasteiger partial charge on any atom is -0.376 e. The number of halogens is 1. The smallest absolute Gasteiger partial charge is 0.0835 e. The van der Waals surface area contributed by atoms with Crippen LogP contribution in [0.3, 0.4) is 0 Å². The molecule has 1 unspecified atom stereocenters. The monoisotopic (exact) mass is 259 g/mol. The van der Waals surface area contributed by atoms with Crippen molar-refractivity contribution in [1.82, 2.24) is 15.0 Å². The molecular weight excluding hydrogens is 246 g/mol. The largest absolute Gasteiger partial charge is 0.376 e. The van der Waals surface area contributed by atoms with Crippen molar-refractivity contribution < 1.29 is 4.74 Å². The van der Waals surface area contributed by atoms with Crippen LogP contribution >= 0.6 is 15.9 Å². The van der Waals surface area contributed by atoms with Crippen LogP contribution < -0.4 is 0 Å². The number of alkyl halides is 1. The standard InChI is InChI=1S/C9H14BrN3O/c10-4-3-8-6-13(12-11-8)7-9-2-1-5-14-9/h6,9H,1-5,7H2. The van der Waals surface area contributed by atoms with Gasteiger partial charge in [-0.25, -0.2) is 4.68 Å². The predicted molar refractivity (Wildman–Crippen MR) is 56.5 cm³/mol. The van der Waals surface area contributed by atoms with Gasteiger partial charge in [0.05, 0.1) is 18.3 Å². The molecule has 14 heavy (non-hydrogen) atoms. The van der Waals surface area contributed by atoms with E-state index in [1.165, 1.54) is 6.42 Å². The maximum absolute atomic E-state index is 5.53. The van der Waals surface area contributed by atoms with Crippen molar-refractivity contribution in [3.63, 3.8) is 0 Å². The second-order valence-corrected chi connectivity index (χ2v) is 4.30. The van der Waals surface area contributed by atoms with Gasteiger partial charge >= 0.3 is 0 Å². The van der Waals surface area contributed by atoms with Crippen molar-refractivity contribution in [1.29, 1.82) is 0 Å². The molecule has 0 aromatic carbocycles. The third-order valence-electron chi connectivity index (χ3n) is 2.35. The Balaban J connectivity index is 1.88. The Hall–Kier alpha value is -0.420. The lowest BCUT2D eigenvalue weighted by molar-refractivity contribution is 0.0935. The second kappa shape index (κ2) is 4.89. The highest BCUT2D eigenvalue weighted by atomic mass is 79.9. The van der Waals surface area contributed by atoms with Crippen LogP contribution in [-0.2, 0) is 17.7 Å². The first-order valence-corrected chi connectivity index (χ1v) is 6.07. The van der Waals surface area contributed by atoms with E-state index in [1.807, 2.05) is 10.9 Å². The lowest BCUT2D eigenvalue weighted by atomic mass is 10.2. The van der Waals surface area contributed by atoms with Crippen LogP contribution in [0.5, 0.6) is 0 Å². The van der Waals surface area contributed by atoms with Crippen molar-refractivity contribution in [2.45, 2.75) is 31.9 Å². The highest BCUT2D eigenvalue weighted by Crippen LogP contribution is 2.13. The third kappa shape index (κ3) is 2.54. The lowest BCUT2D eigenvalue weighted by Crippen LogP contribution is -2.15. The molecule has 0 aliphatic carbocycles. The zero-order chi connectivity index (χ0) is 9.80. The molecular formula is C9H14BrN3O. The average molecular weight is 260 g/mol. The summed E-state index contributed by atoms with van der Waals surface area (Å²) in [5.74, 6) is 0. The minimum absolute atomic E-state index is 0.341. The third-order valence-corrected chi connectivity index (χ3v) is 2.75. The first-order valence-electron chi connectivity index (χ1n) is 4.95. The van der Waals surface area contributed by atoms with E-state index >= 15 is 0 Å². The summed E-state index contributed by atoms with van der Waals surface area (Å²) in [5, 5.41) is 9.08. The number of aryl methyl sites for hydroxylation is 1. The molecule has 0 saturated carbocycles. The molecule has 1 fully saturated rings. The van der Waals surface area contributed by atoms with E-state index in [0.29, 0.717) is 6.10 Å². The van der Waals surface area contributed by atoms with E-state index in [-0.39, 0.29) is 0 Å². The van der Waals surface area contributed by atoms with Gasteiger partial charge in [0.25, 0.3) is 0 Å². The van der Waals surface area contributed by atoms with Gasteiger partial charge in [-0.15, -0.1) is 5.10 Å². The molecule has 0 N–H and O–H groups in total. The molecule has 1 aliphatic rings. The zero-order valence-electron chi connectivity index (χ0n) is 8.03. The number of aromatic nitrogens is 3. The van der Waals surface area contributed by atoms with Gasteiger partial charge in [-0.05, 0) is 12.8 Å². The summed E-state index contributed by atoms with van der Waals surface area (Å²) in [7, 11) is 0. The zero-order valence-corrected chi connectivity index (χ0v) is 9.61. The van der Waals surface area contributed by atoms with E-state index in [1.54, 1.807) is 0 Å². The number of nitrogens with zero attached hydrogens (tertiary/aromatic N) is 3. The van der Waals surface area contributed by atoms with Crippen molar-refractivity contribution in [2.24, 2.45) is 0 Å². The summed E-state index contributed by atoms with van der Waals surface area (Å²) >= 11 is 3.38. The van der Waals surface area contributed by atoms with Crippen LogP contribution in [0.25, 0.3) is 0 Å². The quantitative estimate of drug-likeness (QED) is 0.768. The average Bonchev–Trinajstić information content (AvgIpc) is 2.79. The Morgan fingerprint density at radius 1 is 1.64 bits per heavy atom. The molecule has 2 heterocycles. The molecule has 0 bridgehead atoms. The van der Waals surface area contributed by atoms with Crippen LogP contribution in [0.15, 0.2) is 6.20 Å². The summed E-state index contributed by atoms with van der Waals surface area (Å²) < 4.78 is 7.41. The number of hydrogen-bond donors (Lipinski definition) is 0. The van der Waals surface area contributed by atoms with Crippen molar-refractivity contribution >= 4 is 15.9 Å². The molecule has 1 atom stereocenters. The Labute approximate surface area is 91.8 Å². The van der Waals surface area contributed by atoms with Crippen molar-refractivity contribution in [3.05, 3.63) is 11.9 Å². The van der Waals surface area contributed by atoms with E-state index in [9.17, 15) is 0 Å². The molecule has 1 aromatic rings. The number of rotatable bonds is 4. The molecule has 78 valence electrons. The van der Waals surface area contributed by atoms with Crippen LogP contribution in [0.2, 0.25) is 0 Å². The Morgan fingerprint density at radius 3 is 3.29 bits per heavy atom. The molecule has 4 nitrogen and oxygen atoms in total. The maximum Gasteiger partial charge on any atom is 0.0835 e. The Kier molecular flexibility index (Phi) is 3.53. The number of ether oxygens (including phenoxy) is 1. The van der Waals surface area contributed by atoms with E-state index in [2.05, 4.69) is 26.2 Å². The molecule has 2 rings (SSSR count). The van der Waals surface area contributed by atoms with E-state index in [0.717, 1.165) is 37.0 Å². The van der Waals surface area contributed by atoms with Gasteiger partial charge in [0, 0.05) is 24.6 Å². The van der Waals surface area contributed by atoms with Crippen LogP contribution in [0.4, 0.5) is 0 Å². The molecule has 0 spiro atoms. The topological polar surface area (TPSA) is 39.9 Å². The van der Waals surface area contributed by atoms with Gasteiger partial charge in [0.2, 0.25) is 0 Å². The molecule has 5 heteroatoms. The summed E-state index contributed by atoms with van der Waals surface area (Å²) in [6.45, 7) is 1.74. The second-order valence-electron chi connectivity index (χ2n) is 3.51. The molecule has 1 aromatic heterocycles. The Morgan fingerprint density at radius 2 is 2.57 bits per heavy atom. The molecule has 1 aliphatic heterocycles. The van der Waals surface area contributed by atoms with Gasteiger partial charge < -0.3 is 4.74 Å². The highest BCUT2D eigenvalue weighted by molar-refractivity contribution is 9.09. The normalized spacial score (nSPS) is 21.6. The molecule has 0 amide bonds. The van der Waals surface area contributed by atoms with Crippen molar-refractivity contribution in [3.8, 4) is 0 Å². The van der Waals surface area contributed by atoms with Crippen LogP contribution in [0.1, 0.15) is 18.5 Å². The summed E-state index contributed by atoms with van der Waals surface area (Å²) in [5.41, 5.74) is 1.04. The molecule has 0 radical (unpaired) electrons. The van der Waals surface area contributed by atoms with Gasteiger partial charge in [-0.3, -0.25) is 0 Å². The number of hydrogen-bond acceptors (Lipinski definition) is 3. The Bertz CT molecular complexity index is 283. The minimum atomic E-state index is 0.341. The van der Waals surface area contributed by atoms with Crippen LogP contribution in [-0.4, -0.2) is 33.0 Å². The fraction of sp³-hybridized carbons (Fsp3) is 0.778. The van der Waals surface area contributed by atoms with E-state index < -0.39 is 0 Å². The summed E-state index contributed by atoms with van der Waals surface area (Å²) in [6, 6.07) is 0. The van der Waals surface area contributed by atoms with Gasteiger partial charge in [-0.1, -0.05) is 21.1 Å². The summed E-state index contributed by atoms with van der Waals surface area (Å²) in [4.78, 5) is 0.